The minimum absolute atomic E-state index is 0.0138. The van der Waals surface area contributed by atoms with Gasteiger partial charge in [0.25, 0.3) is 0 Å². The van der Waals surface area contributed by atoms with Gasteiger partial charge < -0.3 is 5.73 Å². The number of rotatable bonds is 4. The number of nitrogens with one attached hydrogen (secondary N) is 1. The Morgan fingerprint density at radius 2 is 1.57 bits per heavy atom. The van der Waals surface area contributed by atoms with Crippen LogP contribution in [0.5, 0.6) is 0 Å². The fourth-order valence-corrected chi connectivity index (χ4v) is 4.16. The van der Waals surface area contributed by atoms with Crippen molar-refractivity contribution in [2.45, 2.75) is 24.6 Å². The standard InChI is InChI=1S/C16H18N2O2S/c17-15-7-5-12(6-8-15)11-21(19,20)18-16-9-13-3-1-2-4-14(13)10-16/h1-8,16,18H,9-11,17H2. The lowest BCUT2D eigenvalue weighted by Gasteiger charge is -2.12. The highest BCUT2D eigenvalue weighted by atomic mass is 32.2. The summed E-state index contributed by atoms with van der Waals surface area (Å²) in [6.07, 6.45) is 1.52. The van der Waals surface area contributed by atoms with E-state index in [1.807, 2.05) is 12.1 Å². The van der Waals surface area contributed by atoms with Crippen LogP contribution in [-0.2, 0) is 28.6 Å². The summed E-state index contributed by atoms with van der Waals surface area (Å²) in [7, 11) is -3.34. The van der Waals surface area contributed by atoms with Crippen molar-refractivity contribution < 1.29 is 8.42 Å². The van der Waals surface area contributed by atoms with E-state index < -0.39 is 10.0 Å². The number of nitrogen functional groups attached to an aromatic ring is 1. The average Bonchev–Trinajstić information content (AvgIpc) is 2.82. The van der Waals surface area contributed by atoms with E-state index in [0.717, 1.165) is 18.4 Å². The molecule has 0 aliphatic heterocycles. The molecule has 0 aromatic heterocycles. The molecule has 0 heterocycles. The van der Waals surface area contributed by atoms with Gasteiger partial charge in [0.1, 0.15) is 0 Å². The van der Waals surface area contributed by atoms with Crippen molar-refractivity contribution >= 4 is 15.7 Å². The average molecular weight is 302 g/mol. The molecule has 4 nitrogen and oxygen atoms in total. The molecule has 2 aromatic rings. The van der Waals surface area contributed by atoms with Gasteiger partial charge in [0.2, 0.25) is 10.0 Å². The number of fused-ring (bicyclic) bond motifs is 1. The zero-order chi connectivity index (χ0) is 14.9. The predicted molar refractivity (Wildman–Crippen MR) is 84.3 cm³/mol. The Morgan fingerprint density at radius 3 is 2.14 bits per heavy atom. The Labute approximate surface area is 125 Å². The van der Waals surface area contributed by atoms with Crippen LogP contribution in [0.1, 0.15) is 16.7 Å². The van der Waals surface area contributed by atoms with Crippen molar-refractivity contribution in [3.63, 3.8) is 0 Å². The summed E-state index contributed by atoms with van der Waals surface area (Å²) >= 11 is 0. The first-order valence-electron chi connectivity index (χ1n) is 6.93. The van der Waals surface area contributed by atoms with Crippen LogP contribution >= 0.6 is 0 Å². The lowest BCUT2D eigenvalue weighted by atomic mass is 10.1. The summed E-state index contributed by atoms with van der Waals surface area (Å²) in [5, 5.41) is 0. The van der Waals surface area contributed by atoms with E-state index in [4.69, 9.17) is 5.73 Å². The lowest BCUT2D eigenvalue weighted by molar-refractivity contribution is 0.555. The van der Waals surface area contributed by atoms with Crippen LogP contribution in [0, 0.1) is 0 Å². The van der Waals surface area contributed by atoms with Crippen molar-refractivity contribution in [1.29, 1.82) is 0 Å². The van der Waals surface area contributed by atoms with Crippen LogP contribution in [0.25, 0.3) is 0 Å². The molecule has 1 aliphatic carbocycles. The first-order valence-corrected chi connectivity index (χ1v) is 8.58. The minimum atomic E-state index is -3.34. The molecule has 0 atom stereocenters. The minimum Gasteiger partial charge on any atom is -0.399 e. The van der Waals surface area contributed by atoms with Crippen LogP contribution in [0.3, 0.4) is 0 Å². The molecule has 0 saturated heterocycles. The predicted octanol–water partition coefficient (Wildman–Crippen LogP) is 1.86. The van der Waals surface area contributed by atoms with Gasteiger partial charge in [-0.3, -0.25) is 0 Å². The quantitative estimate of drug-likeness (QED) is 0.847. The molecule has 3 rings (SSSR count). The van der Waals surface area contributed by atoms with E-state index in [2.05, 4.69) is 16.9 Å². The highest BCUT2D eigenvalue weighted by molar-refractivity contribution is 7.88. The zero-order valence-electron chi connectivity index (χ0n) is 11.6. The van der Waals surface area contributed by atoms with E-state index in [-0.39, 0.29) is 11.8 Å². The molecular formula is C16H18N2O2S. The van der Waals surface area contributed by atoms with Gasteiger partial charge in [-0.2, -0.15) is 0 Å². The number of anilines is 1. The second-order valence-corrected chi connectivity index (χ2v) is 7.25. The van der Waals surface area contributed by atoms with Crippen LogP contribution in [0.2, 0.25) is 0 Å². The van der Waals surface area contributed by atoms with E-state index in [1.165, 1.54) is 11.1 Å². The summed E-state index contributed by atoms with van der Waals surface area (Å²) in [5.74, 6) is -0.0138. The second-order valence-electron chi connectivity index (χ2n) is 5.49. The van der Waals surface area contributed by atoms with E-state index >= 15 is 0 Å². The zero-order valence-corrected chi connectivity index (χ0v) is 12.4. The molecule has 0 unspecified atom stereocenters. The maximum Gasteiger partial charge on any atom is 0.216 e. The normalized spacial score (nSPS) is 15.0. The van der Waals surface area contributed by atoms with Crippen LogP contribution in [-0.4, -0.2) is 14.5 Å². The fraction of sp³-hybridized carbons (Fsp3) is 0.250. The smallest absolute Gasteiger partial charge is 0.216 e. The summed E-state index contributed by atoms with van der Waals surface area (Å²) in [6, 6.07) is 15.0. The number of benzene rings is 2. The van der Waals surface area contributed by atoms with E-state index in [0.29, 0.717) is 5.69 Å². The first-order chi connectivity index (χ1) is 10.0. The van der Waals surface area contributed by atoms with Crippen LogP contribution in [0.15, 0.2) is 48.5 Å². The molecule has 110 valence electrons. The van der Waals surface area contributed by atoms with Gasteiger partial charge in [-0.15, -0.1) is 0 Å². The Morgan fingerprint density at radius 1 is 1.00 bits per heavy atom. The maximum atomic E-state index is 12.2. The molecule has 0 amide bonds. The molecule has 0 fully saturated rings. The SMILES string of the molecule is Nc1ccc(CS(=O)(=O)NC2Cc3ccccc3C2)cc1. The van der Waals surface area contributed by atoms with Crippen LogP contribution in [0.4, 0.5) is 5.69 Å². The van der Waals surface area contributed by atoms with Gasteiger partial charge in [0.15, 0.2) is 0 Å². The van der Waals surface area contributed by atoms with Crippen molar-refractivity contribution in [3.05, 3.63) is 65.2 Å². The molecular weight excluding hydrogens is 284 g/mol. The summed E-state index contributed by atoms with van der Waals surface area (Å²) in [5.41, 5.74) is 9.45. The molecule has 2 aromatic carbocycles. The van der Waals surface area contributed by atoms with Crippen LogP contribution < -0.4 is 10.5 Å². The monoisotopic (exact) mass is 302 g/mol. The molecule has 0 radical (unpaired) electrons. The van der Waals surface area contributed by atoms with Gasteiger partial charge in [-0.1, -0.05) is 36.4 Å². The Hall–Kier alpha value is -1.85. The summed E-state index contributed by atoms with van der Waals surface area (Å²) in [6.45, 7) is 0. The number of nitrogens with two attached hydrogens (primary N) is 1. The number of hydrogen-bond donors (Lipinski definition) is 2. The summed E-state index contributed by atoms with van der Waals surface area (Å²) < 4.78 is 27.3. The van der Waals surface area contributed by atoms with Crippen molar-refractivity contribution in [1.82, 2.24) is 4.72 Å². The van der Waals surface area contributed by atoms with Gasteiger partial charge >= 0.3 is 0 Å². The maximum absolute atomic E-state index is 12.2. The Kier molecular flexibility index (Phi) is 3.69. The van der Waals surface area contributed by atoms with Gasteiger partial charge in [0.05, 0.1) is 5.75 Å². The lowest BCUT2D eigenvalue weighted by Crippen LogP contribution is -2.36. The molecule has 5 heteroatoms. The third-order valence-electron chi connectivity index (χ3n) is 3.73. The third kappa shape index (κ3) is 3.43. The number of sulfonamides is 1. The highest BCUT2D eigenvalue weighted by Crippen LogP contribution is 2.22. The number of hydrogen-bond acceptors (Lipinski definition) is 3. The Bertz CT molecular complexity index is 714. The molecule has 0 saturated carbocycles. The first kappa shape index (κ1) is 14.1. The van der Waals surface area contributed by atoms with Gasteiger partial charge in [-0.25, -0.2) is 13.1 Å². The van der Waals surface area contributed by atoms with Crippen molar-refractivity contribution in [2.24, 2.45) is 0 Å². The van der Waals surface area contributed by atoms with E-state index in [1.54, 1.807) is 24.3 Å². The highest BCUT2D eigenvalue weighted by Gasteiger charge is 2.25. The molecule has 0 bridgehead atoms. The Balaban J connectivity index is 1.66. The third-order valence-corrected chi connectivity index (χ3v) is 5.14. The molecule has 1 aliphatic rings. The van der Waals surface area contributed by atoms with Gasteiger partial charge in [-0.05, 0) is 41.7 Å². The summed E-state index contributed by atoms with van der Waals surface area (Å²) in [4.78, 5) is 0. The van der Waals surface area contributed by atoms with Crippen molar-refractivity contribution in [2.75, 3.05) is 5.73 Å². The van der Waals surface area contributed by atoms with Gasteiger partial charge in [0, 0.05) is 11.7 Å². The second kappa shape index (κ2) is 5.50. The fourth-order valence-electron chi connectivity index (χ4n) is 2.77. The largest absolute Gasteiger partial charge is 0.399 e. The molecule has 21 heavy (non-hydrogen) atoms. The molecule has 3 N–H and O–H groups in total. The topological polar surface area (TPSA) is 72.2 Å². The molecule has 0 spiro atoms. The van der Waals surface area contributed by atoms with Crippen molar-refractivity contribution in [3.8, 4) is 0 Å². The van der Waals surface area contributed by atoms with E-state index in [9.17, 15) is 8.42 Å².